The van der Waals surface area contributed by atoms with Crippen molar-refractivity contribution in [2.45, 2.75) is 12.8 Å². The molecule has 2 aromatic carbocycles. The Morgan fingerprint density at radius 1 is 1.15 bits per heavy atom. The van der Waals surface area contributed by atoms with Gasteiger partial charge in [0.25, 0.3) is 0 Å². The Morgan fingerprint density at radius 2 is 1.89 bits per heavy atom. The molecule has 27 heavy (non-hydrogen) atoms. The molecule has 0 atom stereocenters. The highest BCUT2D eigenvalue weighted by molar-refractivity contribution is 5.76. The van der Waals surface area contributed by atoms with Gasteiger partial charge in [-0.25, -0.2) is 9.37 Å². The van der Waals surface area contributed by atoms with E-state index >= 15 is 0 Å². The van der Waals surface area contributed by atoms with E-state index in [9.17, 15) is 9.18 Å². The smallest absolute Gasteiger partial charge is 0.220 e. The van der Waals surface area contributed by atoms with Gasteiger partial charge in [0.05, 0.1) is 6.20 Å². The Balaban J connectivity index is 1.41. The van der Waals surface area contributed by atoms with Crippen LogP contribution in [0.15, 0.2) is 65.2 Å². The van der Waals surface area contributed by atoms with E-state index < -0.39 is 0 Å². The summed E-state index contributed by atoms with van der Waals surface area (Å²) < 4.78 is 18.6. The van der Waals surface area contributed by atoms with Crippen molar-refractivity contribution in [1.29, 1.82) is 0 Å². The molecule has 1 heterocycles. The Kier molecular flexibility index (Phi) is 6.20. The van der Waals surface area contributed by atoms with Gasteiger partial charge in [-0.05, 0) is 36.4 Å². The monoisotopic (exact) mass is 367 g/mol. The molecule has 1 amide bonds. The average molecular weight is 367 g/mol. The predicted octanol–water partition coefficient (Wildman–Crippen LogP) is 3.67. The van der Waals surface area contributed by atoms with Crippen LogP contribution in [0.1, 0.15) is 12.3 Å². The lowest BCUT2D eigenvalue weighted by Crippen LogP contribution is -2.33. The SMILES string of the molecule is CN(CCNC(=O)CCc1ncc(-c2ccc(F)cc2)o1)c1ccccc1. The number of hydrogen-bond donors (Lipinski definition) is 1. The van der Waals surface area contributed by atoms with Crippen molar-refractivity contribution < 1.29 is 13.6 Å². The van der Waals surface area contributed by atoms with E-state index in [1.807, 2.05) is 37.4 Å². The lowest BCUT2D eigenvalue weighted by Gasteiger charge is -2.19. The first-order valence-electron chi connectivity index (χ1n) is 8.85. The summed E-state index contributed by atoms with van der Waals surface area (Å²) in [5.74, 6) is 0.715. The largest absolute Gasteiger partial charge is 0.441 e. The first-order chi connectivity index (χ1) is 13.1. The van der Waals surface area contributed by atoms with E-state index in [0.29, 0.717) is 31.0 Å². The third-order valence-corrected chi connectivity index (χ3v) is 4.21. The fraction of sp³-hybridized carbons (Fsp3) is 0.238. The number of aryl methyl sites for hydroxylation is 1. The summed E-state index contributed by atoms with van der Waals surface area (Å²) in [7, 11) is 1.99. The first kappa shape index (κ1) is 18.6. The van der Waals surface area contributed by atoms with Gasteiger partial charge in [-0.1, -0.05) is 18.2 Å². The zero-order valence-electron chi connectivity index (χ0n) is 15.2. The van der Waals surface area contributed by atoms with E-state index in [1.54, 1.807) is 18.3 Å². The van der Waals surface area contributed by atoms with Crippen LogP contribution in [0.4, 0.5) is 10.1 Å². The molecule has 1 aromatic heterocycles. The molecule has 3 aromatic rings. The molecule has 5 nitrogen and oxygen atoms in total. The molecule has 0 radical (unpaired) electrons. The van der Waals surface area contributed by atoms with Crippen LogP contribution < -0.4 is 10.2 Å². The Hall–Kier alpha value is -3.15. The molecule has 0 bridgehead atoms. The number of aromatic nitrogens is 1. The number of nitrogens with one attached hydrogen (secondary N) is 1. The molecule has 0 aliphatic carbocycles. The molecule has 0 saturated heterocycles. The fourth-order valence-corrected chi connectivity index (χ4v) is 2.66. The number of rotatable bonds is 8. The zero-order chi connectivity index (χ0) is 19.1. The fourth-order valence-electron chi connectivity index (χ4n) is 2.66. The molecule has 6 heteroatoms. The lowest BCUT2D eigenvalue weighted by atomic mass is 10.2. The van der Waals surface area contributed by atoms with Crippen molar-refractivity contribution in [3.05, 3.63) is 72.5 Å². The van der Waals surface area contributed by atoms with Gasteiger partial charge in [0.2, 0.25) is 5.91 Å². The summed E-state index contributed by atoms with van der Waals surface area (Å²) in [5, 5.41) is 2.91. The van der Waals surface area contributed by atoms with Crippen LogP contribution in [0.2, 0.25) is 0 Å². The van der Waals surface area contributed by atoms with Crippen molar-refractivity contribution >= 4 is 11.6 Å². The maximum Gasteiger partial charge on any atom is 0.220 e. The van der Waals surface area contributed by atoms with Crippen LogP contribution >= 0.6 is 0 Å². The summed E-state index contributed by atoms with van der Waals surface area (Å²) in [6, 6.07) is 16.0. The van der Waals surface area contributed by atoms with Crippen molar-refractivity contribution in [2.75, 3.05) is 25.0 Å². The highest BCUT2D eigenvalue weighted by Crippen LogP contribution is 2.21. The minimum absolute atomic E-state index is 0.0435. The topological polar surface area (TPSA) is 58.4 Å². The molecule has 0 spiro atoms. The highest BCUT2D eigenvalue weighted by Gasteiger charge is 2.09. The highest BCUT2D eigenvalue weighted by atomic mass is 19.1. The van der Waals surface area contributed by atoms with E-state index in [-0.39, 0.29) is 11.7 Å². The third-order valence-electron chi connectivity index (χ3n) is 4.21. The number of likely N-dealkylation sites (N-methyl/N-ethyl adjacent to an activating group) is 1. The summed E-state index contributed by atoms with van der Waals surface area (Å²) in [6.45, 7) is 1.29. The number of para-hydroxylation sites is 1. The molecular formula is C21H22FN3O2. The average Bonchev–Trinajstić information content (AvgIpc) is 3.16. The maximum absolute atomic E-state index is 13.0. The summed E-state index contributed by atoms with van der Waals surface area (Å²) in [4.78, 5) is 18.3. The van der Waals surface area contributed by atoms with Crippen molar-refractivity contribution in [1.82, 2.24) is 10.3 Å². The molecule has 0 fully saturated rings. The molecule has 3 rings (SSSR count). The van der Waals surface area contributed by atoms with Gasteiger partial charge in [0.15, 0.2) is 11.7 Å². The Morgan fingerprint density at radius 3 is 2.63 bits per heavy atom. The van der Waals surface area contributed by atoms with E-state index in [1.165, 1.54) is 12.1 Å². The number of benzene rings is 2. The van der Waals surface area contributed by atoms with Gasteiger partial charge in [0.1, 0.15) is 5.82 Å². The van der Waals surface area contributed by atoms with E-state index in [4.69, 9.17) is 4.42 Å². The minimum atomic E-state index is -0.298. The third kappa shape index (κ3) is 5.41. The Labute approximate surface area is 157 Å². The molecular weight excluding hydrogens is 345 g/mol. The second-order valence-corrected chi connectivity index (χ2v) is 6.23. The van der Waals surface area contributed by atoms with Crippen LogP contribution in [-0.2, 0) is 11.2 Å². The van der Waals surface area contributed by atoms with Gasteiger partial charge >= 0.3 is 0 Å². The van der Waals surface area contributed by atoms with E-state index in [0.717, 1.165) is 17.8 Å². The lowest BCUT2D eigenvalue weighted by molar-refractivity contribution is -0.121. The molecule has 0 aliphatic heterocycles. The molecule has 0 unspecified atom stereocenters. The number of anilines is 1. The second kappa shape index (κ2) is 8.98. The summed E-state index contributed by atoms with van der Waals surface area (Å²) in [5.41, 5.74) is 1.86. The molecule has 140 valence electrons. The number of oxazole rings is 1. The normalized spacial score (nSPS) is 10.6. The maximum atomic E-state index is 13.0. The van der Waals surface area contributed by atoms with Gasteiger partial charge in [-0.2, -0.15) is 0 Å². The van der Waals surface area contributed by atoms with Gasteiger partial charge in [-0.3, -0.25) is 4.79 Å². The number of carbonyl (C=O) groups excluding carboxylic acids is 1. The van der Waals surface area contributed by atoms with Crippen LogP contribution in [0.25, 0.3) is 11.3 Å². The first-order valence-corrected chi connectivity index (χ1v) is 8.85. The molecule has 0 aliphatic rings. The molecule has 0 saturated carbocycles. The number of halogens is 1. The van der Waals surface area contributed by atoms with Gasteiger partial charge in [-0.15, -0.1) is 0 Å². The van der Waals surface area contributed by atoms with Crippen LogP contribution in [0.5, 0.6) is 0 Å². The van der Waals surface area contributed by atoms with Crippen molar-refractivity contribution in [3.8, 4) is 11.3 Å². The van der Waals surface area contributed by atoms with E-state index in [2.05, 4.69) is 15.2 Å². The molecule has 1 N–H and O–H groups in total. The number of nitrogens with zero attached hydrogens (tertiary/aromatic N) is 2. The zero-order valence-corrected chi connectivity index (χ0v) is 15.2. The number of amides is 1. The van der Waals surface area contributed by atoms with Crippen LogP contribution in [0.3, 0.4) is 0 Å². The summed E-state index contributed by atoms with van der Waals surface area (Å²) in [6.07, 6.45) is 2.31. The Bertz CT molecular complexity index is 863. The van der Waals surface area contributed by atoms with Crippen LogP contribution in [0, 0.1) is 5.82 Å². The van der Waals surface area contributed by atoms with Gasteiger partial charge in [0, 0.05) is 44.2 Å². The second-order valence-electron chi connectivity index (χ2n) is 6.23. The van der Waals surface area contributed by atoms with Crippen molar-refractivity contribution in [2.24, 2.45) is 0 Å². The quantitative estimate of drug-likeness (QED) is 0.660. The van der Waals surface area contributed by atoms with Gasteiger partial charge < -0.3 is 14.6 Å². The summed E-state index contributed by atoms with van der Waals surface area (Å²) >= 11 is 0. The van der Waals surface area contributed by atoms with Crippen LogP contribution in [-0.4, -0.2) is 31.0 Å². The standard InChI is InChI=1S/C21H22FN3O2/c1-25(18-5-3-2-4-6-18)14-13-23-20(26)11-12-21-24-15-19(27-21)16-7-9-17(22)10-8-16/h2-10,15H,11-14H2,1H3,(H,23,26). The predicted molar refractivity (Wildman–Crippen MR) is 103 cm³/mol. The number of hydrogen-bond acceptors (Lipinski definition) is 4. The minimum Gasteiger partial charge on any atom is -0.441 e. The number of carbonyl (C=O) groups is 1. The van der Waals surface area contributed by atoms with Crippen molar-refractivity contribution in [3.63, 3.8) is 0 Å².